The first-order valence-electron chi connectivity index (χ1n) is 27.4. The Balaban J connectivity index is 1.02. The Morgan fingerprint density at radius 1 is 0.378 bits per heavy atom. The molecule has 2 aliphatic rings. The van der Waals surface area contributed by atoms with Gasteiger partial charge in [-0.2, -0.15) is 5.26 Å². The van der Waals surface area contributed by atoms with Gasteiger partial charge in [-0.1, -0.05) is 151 Å². The van der Waals surface area contributed by atoms with E-state index in [1.54, 1.807) is 0 Å². The second-order valence-corrected chi connectivity index (χ2v) is 22.5. The van der Waals surface area contributed by atoms with Crippen LogP contribution in [0.25, 0.3) is 126 Å². The molecule has 0 saturated heterocycles. The van der Waals surface area contributed by atoms with Crippen molar-refractivity contribution in [1.29, 1.82) is 5.26 Å². The zero-order valence-electron chi connectivity index (χ0n) is 43.6. The molecule has 1 aliphatic carbocycles. The number of benzene rings is 10. The molecule has 0 fully saturated rings. The summed E-state index contributed by atoms with van der Waals surface area (Å²) in [5, 5.41) is 19.2. The average molecular weight is 1060 g/mol. The molecule has 10 aromatic carbocycles. The van der Waals surface area contributed by atoms with Crippen LogP contribution in [0.4, 0.5) is 5.69 Å². The fraction of sp³-hybridized carbons (Fsp3) is 0.0137. The van der Waals surface area contributed by atoms with Crippen molar-refractivity contribution in [2.45, 2.75) is 15.2 Å². The summed E-state index contributed by atoms with van der Waals surface area (Å²) < 4.78 is 9.56. The summed E-state index contributed by atoms with van der Waals surface area (Å²) in [5.41, 5.74) is 18.7. The maximum absolute atomic E-state index is 10.3. The minimum absolute atomic E-state index is 0.600. The molecule has 0 amide bonds. The van der Waals surface area contributed by atoms with E-state index in [9.17, 15) is 5.26 Å². The minimum Gasteiger partial charge on any atom is -0.308 e. The molecule has 9 heteroatoms. The van der Waals surface area contributed by atoms with Gasteiger partial charge >= 0.3 is 0 Å². The fourth-order valence-electron chi connectivity index (χ4n) is 14.3. The molecule has 0 bridgehead atoms. The molecule has 16 aromatic rings. The number of para-hydroxylation sites is 6. The Hall–Kier alpha value is -11.0. The molecule has 82 heavy (non-hydrogen) atoms. The van der Waals surface area contributed by atoms with Gasteiger partial charge in [0.25, 0.3) is 0 Å². The van der Waals surface area contributed by atoms with Crippen LogP contribution in [-0.4, -0.2) is 28.2 Å². The first-order chi connectivity index (χ1) is 40.6. The Bertz CT molecular complexity index is 5170. The van der Waals surface area contributed by atoms with E-state index in [2.05, 4.69) is 235 Å². The van der Waals surface area contributed by atoms with E-state index in [1.807, 2.05) is 48.4 Å². The molecule has 6 aromatic heterocycles. The van der Waals surface area contributed by atoms with Crippen molar-refractivity contribution in [1.82, 2.24) is 28.2 Å². The predicted molar refractivity (Wildman–Crippen MR) is 332 cm³/mol. The van der Waals surface area contributed by atoms with Crippen LogP contribution in [0.15, 0.2) is 253 Å². The fourth-order valence-corrected chi connectivity index (χ4v) is 15.7. The predicted octanol–water partition coefficient (Wildman–Crippen LogP) is 18.1. The second-order valence-electron chi connectivity index (χ2n) is 21.4. The van der Waals surface area contributed by atoms with Crippen molar-refractivity contribution in [3.8, 4) is 40.2 Å². The first kappa shape index (κ1) is 45.0. The number of nitriles is 1. The summed E-state index contributed by atoms with van der Waals surface area (Å²) >= 11 is 1.81. The number of hydrogen-bond donors (Lipinski definition) is 0. The Morgan fingerprint density at radius 2 is 0.756 bits per heavy atom. The van der Waals surface area contributed by atoms with Gasteiger partial charge in [-0.05, 0) is 108 Å². The summed E-state index contributed by atoms with van der Waals surface area (Å²) in [4.78, 5) is 17.4. The van der Waals surface area contributed by atoms with Crippen molar-refractivity contribution in [3.63, 3.8) is 0 Å². The molecular formula is C73H40N8S. The third-order valence-corrected chi connectivity index (χ3v) is 18.8. The van der Waals surface area contributed by atoms with Gasteiger partial charge in [0.1, 0.15) is 0 Å². The molecule has 0 atom stereocenters. The largest absolute Gasteiger partial charge is 0.308 e. The van der Waals surface area contributed by atoms with Gasteiger partial charge in [0.15, 0.2) is 5.69 Å². The van der Waals surface area contributed by atoms with Crippen LogP contribution in [0.2, 0.25) is 0 Å². The normalized spacial score (nSPS) is 13.1. The highest BCUT2D eigenvalue weighted by atomic mass is 32.2. The summed E-state index contributed by atoms with van der Waals surface area (Å²) in [6.07, 6.45) is 4.08. The molecule has 1 spiro atoms. The monoisotopic (exact) mass is 1060 g/mol. The number of nitrogens with zero attached hydrogens (tertiary/aromatic N) is 8. The van der Waals surface area contributed by atoms with Crippen molar-refractivity contribution in [3.05, 3.63) is 282 Å². The third kappa shape index (κ3) is 5.78. The summed E-state index contributed by atoms with van der Waals surface area (Å²) in [7, 11) is 0. The van der Waals surface area contributed by atoms with Crippen molar-refractivity contribution in [2.24, 2.45) is 0 Å². The lowest BCUT2D eigenvalue weighted by molar-refractivity contribution is 0.713. The second kappa shape index (κ2) is 16.5. The molecule has 7 heterocycles. The molecule has 8 nitrogen and oxygen atoms in total. The topological polar surface area (TPSA) is 73.7 Å². The maximum Gasteiger partial charge on any atom is 0.188 e. The highest BCUT2D eigenvalue weighted by Crippen LogP contribution is 2.64. The van der Waals surface area contributed by atoms with Gasteiger partial charge in [-0.25, -0.2) is 4.85 Å². The van der Waals surface area contributed by atoms with E-state index >= 15 is 0 Å². The van der Waals surface area contributed by atoms with E-state index in [4.69, 9.17) is 16.5 Å². The van der Waals surface area contributed by atoms with Crippen molar-refractivity contribution < 1.29 is 0 Å². The number of pyridine rings is 2. The highest BCUT2D eigenvalue weighted by molar-refractivity contribution is 7.99. The van der Waals surface area contributed by atoms with E-state index in [0.717, 1.165) is 132 Å². The zero-order chi connectivity index (χ0) is 53.9. The Labute approximate surface area is 473 Å². The molecule has 0 unspecified atom stereocenters. The lowest BCUT2D eigenvalue weighted by Crippen LogP contribution is -2.33. The van der Waals surface area contributed by atoms with Crippen LogP contribution in [0.5, 0.6) is 0 Å². The van der Waals surface area contributed by atoms with Crippen LogP contribution in [0.1, 0.15) is 27.8 Å². The number of rotatable bonds is 4. The van der Waals surface area contributed by atoms with Gasteiger partial charge < -0.3 is 18.3 Å². The zero-order valence-corrected chi connectivity index (χ0v) is 44.4. The Kier molecular flexibility index (Phi) is 9.07. The maximum atomic E-state index is 10.3. The number of hydrogen-bond acceptors (Lipinski definition) is 4. The lowest BCUT2D eigenvalue weighted by atomic mass is 9.67. The number of fused-ring (bicyclic) bond motifs is 21. The van der Waals surface area contributed by atoms with Crippen LogP contribution >= 0.6 is 11.8 Å². The summed E-state index contributed by atoms with van der Waals surface area (Å²) in [5.74, 6) is 0. The smallest absolute Gasteiger partial charge is 0.188 e. The lowest BCUT2D eigenvalue weighted by Gasteiger charge is -2.41. The van der Waals surface area contributed by atoms with Gasteiger partial charge in [-0.3, -0.25) is 9.97 Å². The van der Waals surface area contributed by atoms with Crippen LogP contribution < -0.4 is 0 Å². The van der Waals surface area contributed by atoms with E-state index in [0.29, 0.717) is 11.3 Å². The molecule has 18 rings (SSSR count). The molecule has 0 N–H and O–H groups in total. The third-order valence-electron chi connectivity index (χ3n) is 17.5. The molecular weight excluding hydrogens is 1020 g/mol. The van der Waals surface area contributed by atoms with Crippen LogP contribution in [-0.2, 0) is 5.41 Å². The molecule has 0 radical (unpaired) electrons. The summed E-state index contributed by atoms with van der Waals surface area (Å²) in [6, 6.07) is 84.9. The van der Waals surface area contributed by atoms with Gasteiger partial charge in [0.2, 0.25) is 0 Å². The minimum atomic E-state index is -1.01. The Morgan fingerprint density at radius 3 is 1.18 bits per heavy atom. The molecule has 378 valence electrons. The van der Waals surface area contributed by atoms with E-state index < -0.39 is 5.41 Å². The van der Waals surface area contributed by atoms with Crippen LogP contribution in [0, 0.1) is 17.9 Å². The highest BCUT2D eigenvalue weighted by Gasteiger charge is 2.53. The van der Waals surface area contributed by atoms with Gasteiger partial charge in [0.05, 0.1) is 114 Å². The van der Waals surface area contributed by atoms with E-state index in [1.165, 1.54) is 21.5 Å². The summed E-state index contributed by atoms with van der Waals surface area (Å²) in [6.45, 7) is 8.07. The molecule has 1 aliphatic heterocycles. The average Bonchev–Trinajstić information content (AvgIpc) is 2.81. The van der Waals surface area contributed by atoms with Gasteiger partial charge in [-0.15, -0.1) is 0 Å². The van der Waals surface area contributed by atoms with Gasteiger partial charge in [0, 0.05) is 58.6 Å². The number of aromatic nitrogens is 6. The SMILES string of the molecule is [C-]#[N+]c1ccc2c(c1)c1ccccc1n2-c1cccc2c1Sc1c(-n3c4ccccc4c4cc(C#N)ccc43)cccc1C21c2cc(-n3c4ccccc4c4ccccc43)cnc2-c2ncc(-n3c4ccccc4c4ccccc43)cc21. The quantitative estimate of drug-likeness (QED) is 0.165. The van der Waals surface area contributed by atoms with E-state index in [-0.39, 0.29) is 0 Å². The van der Waals surface area contributed by atoms with Crippen molar-refractivity contribution >= 4 is 105 Å². The van der Waals surface area contributed by atoms with Crippen LogP contribution in [0.3, 0.4) is 0 Å². The first-order valence-corrected chi connectivity index (χ1v) is 28.2. The standard InChI is InChI=1S/C73H40N8S/c1-75-44-33-35-66-54(37-44)52-21-7-13-29-64(52)81(66)68-31-15-23-56-72(68)82-71-55(22-14-30-67(71)80-63-28-12-6-20-51(63)53-36-43(40-74)32-34-65(53)80)73(56)57-38-45(78-59-24-8-2-16-47(59)48-17-3-9-25-60(48)78)41-76-69(57)70-58(73)39-46(42-77-70)79-61-26-10-4-18-49(61)50-19-5-11-27-62(50)79/h2-39,41-42H. The van der Waals surface area contributed by atoms with Crippen molar-refractivity contribution in [2.75, 3.05) is 0 Å². The molecule has 0 saturated carbocycles.